The van der Waals surface area contributed by atoms with Crippen LogP contribution in [0.4, 0.5) is 5.69 Å². The van der Waals surface area contributed by atoms with Gasteiger partial charge in [0, 0.05) is 49.9 Å². The minimum Gasteiger partial charge on any atom is -0.507 e. The number of nitrogens with one attached hydrogen (secondary N) is 1. The Morgan fingerprint density at radius 2 is 1.74 bits per heavy atom. The minimum absolute atomic E-state index is 0.0123. The van der Waals surface area contributed by atoms with Crippen LogP contribution in [0.5, 0.6) is 5.75 Å². The van der Waals surface area contributed by atoms with Gasteiger partial charge in [-0.15, -0.1) is 0 Å². The summed E-state index contributed by atoms with van der Waals surface area (Å²) >= 11 is 5.85. The predicted octanol–water partition coefficient (Wildman–Crippen LogP) is 2.51. The Kier molecular flexibility index (Phi) is 6.19. The third-order valence-corrected chi connectivity index (χ3v) is 4.82. The zero-order chi connectivity index (χ0) is 19.2. The van der Waals surface area contributed by atoms with Gasteiger partial charge >= 0.3 is 0 Å². The summed E-state index contributed by atoms with van der Waals surface area (Å²) in [6, 6.07) is 14.4. The Bertz CT molecular complexity index is 805. The van der Waals surface area contributed by atoms with Crippen molar-refractivity contribution in [2.45, 2.75) is 6.42 Å². The summed E-state index contributed by atoms with van der Waals surface area (Å²) < 4.78 is 0. The van der Waals surface area contributed by atoms with Crippen LogP contribution < -0.4 is 10.2 Å². The van der Waals surface area contributed by atoms with Crippen molar-refractivity contribution in [3.05, 3.63) is 59.1 Å². The summed E-state index contributed by atoms with van der Waals surface area (Å²) in [4.78, 5) is 28.6. The highest BCUT2D eigenvalue weighted by atomic mass is 35.5. The number of piperazine rings is 1. The number of hydrogen-bond acceptors (Lipinski definition) is 4. The smallest absolute Gasteiger partial charge is 0.255 e. The average Bonchev–Trinajstić information content (AvgIpc) is 2.70. The summed E-state index contributed by atoms with van der Waals surface area (Å²) in [5.74, 6) is -0.574. The number of para-hydroxylation sites is 1. The summed E-state index contributed by atoms with van der Waals surface area (Å²) in [7, 11) is 0. The highest BCUT2D eigenvalue weighted by Gasteiger charge is 2.21. The van der Waals surface area contributed by atoms with E-state index in [0.29, 0.717) is 18.1 Å². The SMILES string of the molecule is O=C(NCCC(=O)N1CCN(c2ccccc2)CC1)c1cc(Cl)ccc1O. The first-order chi connectivity index (χ1) is 13.0. The molecule has 0 saturated carbocycles. The molecule has 6 nitrogen and oxygen atoms in total. The van der Waals surface area contributed by atoms with Crippen molar-refractivity contribution in [3.63, 3.8) is 0 Å². The first kappa shape index (κ1) is 19.0. The molecule has 2 aromatic rings. The Hall–Kier alpha value is -2.73. The standard InChI is InChI=1S/C20H22ClN3O3/c21-15-6-7-18(25)17(14-15)20(27)22-9-8-19(26)24-12-10-23(11-13-24)16-4-2-1-3-5-16/h1-7,14,25H,8-13H2,(H,22,27). The first-order valence-electron chi connectivity index (χ1n) is 8.89. The molecule has 0 aromatic heterocycles. The van der Waals surface area contributed by atoms with Crippen LogP contribution in [-0.4, -0.2) is 54.5 Å². The van der Waals surface area contributed by atoms with Gasteiger partial charge in [0.2, 0.25) is 5.91 Å². The molecular weight excluding hydrogens is 366 g/mol. The van der Waals surface area contributed by atoms with E-state index in [1.165, 1.54) is 18.2 Å². The fourth-order valence-corrected chi connectivity index (χ4v) is 3.25. The molecule has 0 radical (unpaired) electrons. The molecule has 1 saturated heterocycles. The molecule has 2 N–H and O–H groups in total. The van der Waals surface area contributed by atoms with Crippen molar-refractivity contribution < 1.29 is 14.7 Å². The van der Waals surface area contributed by atoms with Gasteiger partial charge in [0.1, 0.15) is 5.75 Å². The van der Waals surface area contributed by atoms with E-state index in [9.17, 15) is 14.7 Å². The van der Waals surface area contributed by atoms with Crippen LogP contribution in [0.3, 0.4) is 0 Å². The van der Waals surface area contributed by atoms with Crippen LogP contribution in [0.1, 0.15) is 16.8 Å². The van der Waals surface area contributed by atoms with Crippen molar-refractivity contribution in [2.75, 3.05) is 37.6 Å². The largest absolute Gasteiger partial charge is 0.507 e. The summed E-state index contributed by atoms with van der Waals surface area (Å²) in [6.07, 6.45) is 0.221. The number of carbonyl (C=O) groups excluding carboxylic acids is 2. The second-order valence-electron chi connectivity index (χ2n) is 6.37. The lowest BCUT2D eigenvalue weighted by Gasteiger charge is -2.36. The number of rotatable bonds is 5. The van der Waals surface area contributed by atoms with Crippen molar-refractivity contribution >= 4 is 29.1 Å². The molecule has 27 heavy (non-hydrogen) atoms. The number of halogens is 1. The van der Waals surface area contributed by atoms with Crippen molar-refractivity contribution in [1.29, 1.82) is 0 Å². The predicted molar refractivity (Wildman–Crippen MR) is 105 cm³/mol. The van der Waals surface area contributed by atoms with E-state index >= 15 is 0 Å². The molecule has 2 aromatic carbocycles. The number of amides is 2. The normalized spacial score (nSPS) is 14.1. The van der Waals surface area contributed by atoms with E-state index in [2.05, 4.69) is 22.3 Å². The molecule has 2 amide bonds. The molecular formula is C20H22ClN3O3. The second kappa shape index (κ2) is 8.77. The third kappa shape index (κ3) is 4.92. The van der Waals surface area contributed by atoms with Gasteiger partial charge in [-0.25, -0.2) is 0 Å². The number of aromatic hydroxyl groups is 1. The summed E-state index contributed by atoms with van der Waals surface area (Å²) in [6.45, 7) is 3.12. The van der Waals surface area contributed by atoms with Gasteiger partial charge in [-0.05, 0) is 30.3 Å². The summed E-state index contributed by atoms with van der Waals surface area (Å²) in [5.41, 5.74) is 1.27. The number of nitrogens with zero attached hydrogens (tertiary/aromatic N) is 2. The zero-order valence-corrected chi connectivity index (χ0v) is 15.7. The number of anilines is 1. The van der Waals surface area contributed by atoms with Gasteiger partial charge in [-0.3, -0.25) is 9.59 Å². The van der Waals surface area contributed by atoms with Crippen molar-refractivity contribution in [1.82, 2.24) is 10.2 Å². The second-order valence-corrected chi connectivity index (χ2v) is 6.81. The van der Waals surface area contributed by atoms with Crippen LogP contribution in [-0.2, 0) is 4.79 Å². The lowest BCUT2D eigenvalue weighted by atomic mass is 10.2. The molecule has 1 aliphatic heterocycles. The van der Waals surface area contributed by atoms with Gasteiger partial charge in [-0.1, -0.05) is 29.8 Å². The van der Waals surface area contributed by atoms with Gasteiger partial charge in [0.05, 0.1) is 5.56 Å². The molecule has 0 atom stereocenters. The van der Waals surface area contributed by atoms with Crippen LogP contribution in [0.2, 0.25) is 5.02 Å². The highest BCUT2D eigenvalue weighted by Crippen LogP contribution is 2.21. The summed E-state index contributed by atoms with van der Waals surface area (Å²) in [5, 5.41) is 12.8. The zero-order valence-electron chi connectivity index (χ0n) is 14.9. The molecule has 142 valence electrons. The first-order valence-corrected chi connectivity index (χ1v) is 9.27. The molecule has 1 aliphatic rings. The molecule has 3 rings (SSSR count). The third-order valence-electron chi connectivity index (χ3n) is 4.58. The minimum atomic E-state index is -0.448. The van der Waals surface area contributed by atoms with Gasteiger partial charge in [0.15, 0.2) is 0 Å². The van der Waals surface area contributed by atoms with E-state index in [4.69, 9.17) is 11.6 Å². The monoisotopic (exact) mass is 387 g/mol. The van der Waals surface area contributed by atoms with E-state index in [1.54, 1.807) is 0 Å². The molecule has 0 bridgehead atoms. The molecule has 1 heterocycles. The van der Waals surface area contributed by atoms with E-state index in [1.807, 2.05) is 23.1 Å². The molecule has 0 aliphatic carbocycles. The van der Waals surface area contributed by atoms with E-state index in [0.717, 1.165) is 18.8 Å². The van der Waals surface area contributed by atoms with Gasteiger partial charge in [-0.2, -0.15) is 0 Å². The van der Waals surface area contributed by atoms with Crippen LogP contribution in [0.15, 0.2) is 48.5 Å². The molecule has 1 fully saturated rings. The topological polar surface area (TPSA) is 72.9 Å². The Labute approximate surface area is 163 Å². The van der Waals surface area contributed by atoms with Crippen LogP contribution in [0, 0.1) is 0 Å². The van der Waals surface area contributed by atoms with Crippen molar-refractivity contribution in [3.8, 4) is 5.75 Å². The lowest BCUT2D eigenvalue weighted by Crippen LogP contribution is -2.49. The fraction of sp³-hybridized carbons (Fsp3) is 0.300. The maximum atomic E-state index is 12.4. The molecule has 7 heteroatoms. The average molecular weight is 388 g/mol. The van der Waals surface area contributed by atoms with E-state index in [-0.39, 0.29) is 30.2 Å². The molecule has 0 spiro atoms. The fourth-order valence-electron chi connectivity index (χ4n) is 3.08. The quantitative estimate of drug-likeness (QED) is 0.826. The highest BCUT2D eigenvalue weighted by molar-refractivity contribution is 6.31. The van der Waals surface area contributed by atoms with Gasteiger partial charge < -0.3 is 20.2 Å². The Balaban J connectivity index is 1.44. The number of phenols is 1. The van der Waals surface area contributed by atoms with E-state index < -0.39 is 5.91 Å². The number of phenolic OH excluding ortho intramolecular Hbond substituents is 1. The Morgan fingerprint density at radius 1 is 1.04 bits per heavy atom. The maximum absolute atomic E-state index is 12.4. The number of carbonyl (C=O) groups is 2. The maximum Gasteiger partial charge on any atom is 0.255 e. The Morgan fingerprint density at radius 3 is 2.44 bits per heavy atom. The van der Waals surface area contributed by atoms with Crippen LogP contribution >= 0.6 is 11.6 Å². The molecule has 0 unspecified atom stereocenters. The number of hydrogen-bond donors (Lipinski definition) is 2. The van der Waals surface area contributed by atoms with Crippen LogP contribution in [0.25, 0.3) is 0 Å². The number of benzene rings is 2. The van der Waals surface area contributed by atoms with Gasteiger partial charge in [0.25, 0.3) is 5.91 Å². The van der Waals surface area contributed by atoms with Crippen molar-refractivity contribution in [2.24, 2.45) is 0 Å². The lowest BCUT2D eigenvalue weighted by molar-refractivity contribution is -0.131.